The molecular formula is C14H28N2O. The predicted octanol–water partition coefficient (Wildman–Crippen LogP) is 1.61. The monoisotopic (exact) mass is 240 g/mol. The average Bonchev–Trinajstić information content (AvgIpc) is 2.63. The number of aliphatic hydroxyl groups is 1. The van der Waals surface area contributed by atoms with Gasteiger partial charge in [-0.15, -0.1) is 0 Å². The third-order valence-corrected chi connectivity index (χ3v) is 4.56. The summed E-state index contributed by atoms with van der Waals surface area (Å²) in [5.74, 6) is 0.514. The van der Waals surface area contributed by atoms with Crippen molar-refractivity contribution in [2.75, 3.05) is 26.2 Å². The Bertz CT molecular complexity index is 222. The molecule has 0 aromatic rings. The fraction of sp³-hybridized carbons (Fsp3) is 1.00. The molecule has 2 N–H and O–H groups in total. The molecule has 1 aliphatic heterocycles. The lowest BCUT2D eigenvalue weighted by atomic mass is 10.0. The fourth-order valence-corrected chi connectivity index (χ4v) is 3.25. The number of hydrogen-bond donors (Lipinski definition) is 2. The highest BCUT2D eigenvalue weighted by atomic mass is 16.3. The van der Waals surface area contributed by atoms with Gasteiger partial charge in [0.15, 0.2) is 0 Å². The lowest BCUT2D eigenvalue weighted by Gasteiger charge is -2.21. The van der Waals surface area contributed by atoms with Gasteiger partial charge < -0.3 is 15.3 Å². The van der Waals surface area contributed by atoms with Gasteiger partial charge in [0.1, 0.15) is 0 Å². The molecule has 3 atom stereocenters. The van der Waals surface area contributed by atoms with Crippen LogP contribution in [-0.2, 0) is 0 Å². The van der Waals surface area contributed by atoms with E-state index in [2.05, 4.69) is 17.1 Å². The molecule has 0 amide bonds. The molecule has 100 valence electrons. The highest BCUT2D eigenvalue weighted by Gasteiger charge is 2.26. The van der Waals surface area contributed by atoms with E-state index in [-0.39, 0.29) is 6.10 Å². The maximum Gasteiger partial charge on any atom is 0.0580 e. The van der Waals surface area contributed by atoms with Crippen LogP contribution in [0, 0.1) is 5.92 Å². The molecule has 0 bridgehead atoms. The van der Waals surface area contributed by atoms with E-state index >= 15 is 0 Å². The Labute approximate surface area is 106 Å². The van der Waals surface area contributed by atoms with E-state index in [1.165, 1.54) is 51.7 Å². The quantitative estimate of drug-likeness (QED) is 0.784. The van der Waals surface area contributed by atoms with Crippen molar-refractivity contribution < 1.29 is 5.11 Å². The lowest BCUT2D eigenvalue weighted by molar-refractivity contribution is 0.129. The van der Waals surface area contributed by atoms with Gasteiger partial charge in [-0.05, 0) is 57.7 Å². The van der Waals surface area contributed by atoms with Crippen LogP contribution in [0.15, 0.2) is 0 Å². The van der Waals surface area contributed by atoms with Gasteiger partial charge in [0.2, 0.25) is 0 Å². The molecule has 1 saturated heterocycles. The van der Waals surface area contributed by atoms with Gasteiger partial charge in [-0.3, -0.25) is 0 Å². The summed E-state index contributed by atoms with van der Waals surface area (Å²) in [6.07, 6.45) is 7.29. The molecule has 17 heavy (non-hydrogen) atoms. The molecule has 1 aliphatic carbocycles. The van der Waals surface area contributed by atoms with Gasteiger partial charge in [0.25, 0.3) is 0 Å². The second-order valence-electron chi connectivity index (χ2n) is 5.73. The maximum atomic E-state index is 9.81. The summed E-state index contributed by atoms with van der Waals surface area (Å²) in [5, 5.41) is 13.5. The SMILES string of the molecule is CCN1CCCC(NCC2CCCC2O)CC1. The Hall–Kier alpha value is -0.120. The minimum atomic E-state index is -0.0413. The number of hydrogen-bond acceptors (Lipinski definition) is 3. The predicted molar refractivity (Wildman–Crippen MR) is 71.1 cm³/mol. The summed E-state index contributed by atoms with van der Waals surface area (Å²) in [7, 11) is 0. The molecule has 0 spiro atoms. The van der Waals surface area contributed by atoms with E-state index in [9.17, 15) is 5.11 Å². The lowest BCUT2D eigenvalue weighted by Crippen LogP contribution is -2.36. The smallest absolute Gasteiger partial charge is 0.0580 e. The first kappa shape index (κ1) is 13.3. The van der Waals surface area contributed by atoms with Crippen LogP contribution >= 0.6 is 0 Å². The van der Waals surface area contributed by atoms with E-state index in [4.69, 9.17) is 0 Å². The first-order chi connectivity index (χ1) is 8.29. The molecule has 0 aromatic heterocycles. The molecule has 1 heterocycles. The van der Waals surface area contributed by atoms with Gasteiger partial charge in [-0.1, -0.05) is 13.3 Å². The first-order valence-electron chi connectivity index (χ1n) is 7.43. The Morgan fingerprint density at radius 2 is 2.00 bits per heavy atom. The molecule has 3 unspecified atom stereocenters. The van der Waals surface area contributed by atoms with Gasteiger partial charge in [0, 0.05) is 12.6 Å². The second kappa shape index (κ2) is 6.72. The molecular weight excluding hydrogens is 212 g/mol. The van der Waals surface area contributed by atoms with Crippen LogP contribution in [0.25, 0.3) is 0 Å². The normalized spacial score (nSPS) is 36.0. The van der Waals surface area contributed by atoms with Crippen molar-refractivity contribution in [1.82, 2.24) is 10.2 Å². The summed E-state index contributed by atoms with van der Waals surface area (Å²) in [5.41, 5.74) is 0. The van der Waals surface area contributed by atoms with E-state index in [1.54, 1.807) is 0 Å². The van der Waals surface area contributed by atoms with Crippen molar-refractivity contribution in [3.8, 4) is 0 Å². The van der Waals surface area contributed by atoms with Crippen molar-refractivity contribution in [1.29, 1.82) is 0 Å². The molecule has 2 fully saturated rings. The third-order valence-electron chi connectivity index (χ3n) is 4.56. The van der Waals surface area contributed by atoms with Gasteiger partial charge in [0.05, 0.1) is 6.10 Å². The Morgan fingerprint density at radius 3 is 2.71 bits per heavy atom. The van der Waals surface area contributed by atoms with Crippen LogP contribution in [0.4, 0.5) is 0 Å². The number of likely N-dealkylation sites (tertiary alicyclic amines) is 1. The van der Waals surface area contributed by atoms with Crippen LogP contribution in [0.5, 0.6) is 0 Å². The maximum absolute atomic E-state index is 9.81. The van der Waals surface area contributed by atoms with E-state index in [0.29, 0.717) is 12.0 Å². The third kappa shape index (κ3) is 3.94. The van der Waals surface area contributed by atoms with E-state index in [0.717, 1.165) is 13.0 Å². The van der Waals surface area contributed by atoms with Gasteiger partial charge >= 0.3 is 0 Å². The van der Waals surface area contributed by atoms with Crippen molar-refractivity contribution >= 4 is 0 Å². The zero-order chi connectivity index (χ0) is 12.1. The minimum absolute atomic E-state index is 0.0413. The van der Waals surface area contributed by atoms with Crippen LogP contribution in [0.1, 0.15) is 45.4 Å². The summed E-state index contributed by atoms with van der Waals surface area (Å²) < 4.78 is 0. The van der Waals surface area contributed by atoms with Crippen LogP contribution in [-0.4, -0.2) is 48.3 Å². The highest BCUT2D eigenvalue weighted by Crippen LogP contribution is 2.25. The number of rotatable bonds is 4. The molecule has 2 rings (SSSR count). The van der Waals surface area contributed by atoms with Gasteiger partial charge in [-0.25, -0.2) is 0 Å². The molecule has 3 heteroatoms. The number of aliphatic hydroxyl groups excluding tert-OH is 1. The van der Waals surface area contributed by atoms with Crippen molar-refractivity contribution in [3.63, 3.8) is 0 Å². The van der Waals surface area contributed by atoms with Crippen LogP contribution in [0.3, 0.4) is 0 Å². The summed E-state index contributed by atoms with van der Waals surface area (Å²) >= 11 is 0. The molecule has 2 aliphatic rings. The van der Waals surface area contributed by atoms with E-state index in [1.807, 2.05) is 0 Å². The Kier molecular flexibility index (Phi) is 5.26. The average molecular weight is 240 g/mol. The second-order valence-corrected chi connectivity index (χ2v) is 5.73. The standard InChI is InChI=1S/C14H28N2O/c1-2-16-9-4-6-13(8-10-16)15-11-12-5-3-7-14(12)17/h12-15,17H,2-11H2,1H3. The number of nitrogens with one attached hydrogen (secondary N) is 1. The Morgan fingerprint density at radius 1 is 1.12 bits per heavy atom. The van der Waals surface area contributed by atoms with Crippen LogP contribution < -0.4 is 5.32 Å². The zero-order valence-electron chi connectivity index (χ0n) is 11.2. The van der Waals surface area contributed by atoms with E-state index < -0.39 is 0 Å². The first-order valence-corrected chi connectivity index (χ1v) is 7.43. The Balaban J connectivity index is 1.68. The zero-order valence-corrected chi connectivity index (χ0v) is 11.2. The summed E-state index contributed by atoms with van der Waals surface area (Å²) in [6.45, 7) is 6.97. The summed E-state index contributed by atoms with van der Waals surface area (Å²) in [6, 6.07) is 0.680. The van der Waals surface area contributed by atoms with Gasteiger partial charge in [-0.2, -0.15) is 0 Å². The highest BCUT2D eigenvalue weighted by molar-refractivity contribution is 4.81. The summed E-state index contributed by atoms with van der Waals surface area (Å²) in [4.78, 5) is 2.55. The molecule has 0 radical (unpaired) electrons. The molecule has 3 nitrogen and oxygen atoms in total. The fourth-order valence-electron chi connectivity index (χ4n) is 3.25. The topological polar surface area (TPSA) is 35.5 Å². The van der Waals surface area contributed by atoms with Crippen molar-refractivity contribution in [2.24, 2.45) is 5.92 Å². The largest absolute Gasteiger partial charge is 0.393 e. The number of nitrogens with zero attached hydrogens (tertiary/aromatic N) is 1. The van der Waals surface area contributed by atoms with Crippen molar-refractivity contribution in [3.05, 3.63) is 0 Å². The molecule has 1 saturated carbocycles. The van der Waals surface area contributed by atoms with Crippen LogP contribution in [0.2, 0.25) is 0 Å². The minimum Gasteiger partial charge on any atom is -0.393 e. The molecule has 0 aromatic carbocycles. The van der Waals surface area contributed by atoms with Crippen molar-refractivity contribution in [2.45, 2.75) is 57.6 Å².